The van der Waals surface area contributed by atoms with Crippen molar-refractivity contribution >= 4 is 15.9 Å². The number of benzene rings is 1. The van der Waals surface area contributed by atoms with Crippen molar-refractivity contribution in [2.45, 2.75) is 49.5 Å². The molecule has 1 aliphatic rings. The zero-order valence-electron chi connectivity index (χ0n) is 15.9. The first-order valence-electron chi connectivity index (χ1n) is 8.49. The lowest BCUT2D eigenvalue weighted by Gasteiger charge is -2.45. The van der Waals surface area contributed by atoms with E-state index in [1.165, 1.54) is 45.2 Å². The normalized spacial score (nSPS) is 23.9. The van der Waals surface area contributed by atoms with Crippen molar-refractivity contribution in [3.05, 3.63) is 24.3 Å². The van der Waals surface area contributed by atoms with Gasteiger partial charge in [0.15, 0.2) is 0 Å². The van der Waals surface area contributed by atoms with Crippen molar-refractivity contribution in [1.29, 1.82) is 0 Å². The Kier molecular flexibility index (Phi) is 6.03. The molecule has 0 bridgehead atoms. The second-order valence-corrected chi connectivity index (χ2v) is 8.87. The number of carbonyl (C=O) groups excluding carboxylic acids is 1. The maximum Gasteiger partial charge on any atom is 0.426 e. The summed E-state index contributed by atoms with van der Waals surface area (Å²) in [5, 5.41) is 9.67. The average molecular weight is 424 g/mol. The van der Waals surface area contributed by atoms with E-state index in [1.54, 1.807) is 0 Å². The zero-order chi connectivity index (χ0) is 21.5. The number of rotatable bonds is 4. The Labute approximate surface area is 161 Å². The lowest BCUT2D eigenvalue weighted by molar-refractivity contribution is -0.251. The van der Waals surface area contributed by atoms with Crippen LogP contribution in [-0.4, -0.2) is 72.7 Å². The minimum atomic E-state index is -5.14. The molecule has 7 nitrogen and oxygen atoms in total. The Morgan fingerprint density at radius 3 is 2.14 bits per heavy atom. The van der Waals surface area contributed by atoms with Crippen molar-refractivity contribution in [3.8, 4) is 5.75 Å². The number of sulfonamides is 1. The van der Waals surface area contributed by atoms with Crippen molar-refractivity contribution in [1.82, 2.24) is 9.21 Å². The Hall–Kier alpha value is -1.85. The first-order chi connectivity index (χ1) is 12.7. The molecule has 1 N–H and O–H groups in total. The van der Waals surface area contributed by atoms with Gasteiger partial charge in [0.2, 0.25) is 15.6 Å². The van der Waals surface area contributed by atoms with Crippen LogP contribution in [0.3, 0.4) is 0 Å². The summed E-state index contributed by atoms with van der Waals surface area (Å²) >= 11 is 0. The lowest BCUT2D eigenvalue weighted by Crippen LogP contribution is -2.65. The summed E-state index contributed by atoms with van der Waals surface area (Å²) < 4.78 is 71.0. The van der Waals surface area contributed by atoms with Gasteiger partial charge in [-0.05, 0) is 45.0 Å². The van der Waals surface area contributed by atoms with Crippen LogP contribution >= 0.6 is 0 Å². The maximum absolute atomic E-state index is 13.0. The summed E-state index contributed by atoms with van der Waals surface area (Å²) in [7, 11) is -2.48. The highest BCUT2D eigenvalue weighted by atomic mass is 32.2. The van der Waals surface area contributed by atoms with Crippen molar-refractivity contribution in [3.63, 3.8) is 0 Å². The number of aliphatic hydroxyl groups is 1. The van der Waals surface area contributed by atoms with Crippen LogP contribution in [-0.2, 0) is 14.8 Å². The SMILES string of the molecule is COc1ccc(S(=O)(=O)N2CC(C)N(C(=O)C(C)(O)C(F)(F)F)CC2C)cc1. The number of nitrogens with zero attached hydrogens (tertiary/aromatic N) is 2. The summed E-state index contributed by atoms with van der Waals surface area (Å²) in [6.07, 6.45) is -5.14. The molecule has 0 spiro atoms. The highest BCUT2D eigenvalue weighted by Gasteiger charge is 2.58. The Morgan fingerprint density at radius 2 is 1.68 bits per heavy atom. The summed E-state index contributed by atoms with van der Waals surface area (Å²) in [6, 6.07) is 4.08. The number of methoxy groups -OCH3 is 1. The molecule has 2 rings (SSSR count). The van der Waals surface area contributed by atoms with Crippen LogP contribution in [0.4, 0.5) is 13.2 Å². The molecule has 1 aromatic carbocycles. The van der Waals surface area contributed by atoms with Crippen LogP contribution < -0.4 is 4.74 Å². The zero-order valence-corrected chi connectivity index (χ0v) is 16.7. The monoisotopic (exact) mass is 424 g/mol. The molecule has 0 aliphatic carbocycles. The molecule has 1 aliphatic heterocycles. The Bertz CT molecular complexity index is 824. The molecule has 11 heteroatoms. The molecule has 3 unspecified atom stereocenters. The maximum atomic E-state index is 13.0. The number of alkyl halides is 3. The summed E-state index contributed by atoms with van der Waals surface area (Å²) in [5.41, 5.74) is -3.54. The van der Waals surface area contributed by atoms with Gasteiger partial charge in [0.25, 0.3) is 5.91 Å². The van der Waals surface area contributed by atoms with E-state index in [9.17, 15) is 31.5 Å². The molecule has 1 heterocycles. The standard InChI is InChI=1S/C17H23F3N2O5S/c1-11-10-22(28(25,26)14-7-5-13(27-4)6-8-14)12(2)9-21(11)15(23)16(3,24)17(18,19)20/h5-8,11-12,24H,9-10H2,1-4H3. The number of ether oxygens (including phenoxy) is 1. The third kappa shape index (κ3) is 3.96. The molecule has 0 aromatic heterocycles. The minimum absolute atomic E-state index is 0.00872. The predicted molar refractivity (Wildman–Crippen MR) is 94.2 cm³/mol. The van der Waals surface area contributed by atoms with Crippen LogP contribution in [0.5, 0.6) is 5.75 Å². The highest BCUT2D eigenvalue weighted by Crippen LogP contribution is 2.34. The molecule has 3 atom stereocenters. The molecule has 0 saturated carbocycles. The lowest BCUT2D eigenvalue weighted by atomic mass is 10.0. The molecule has 28 heavy (non-hydrogen) atoms. The topological polar surface area (TPSA) is 87.2 Å². The van der Waals surface area contributed by atoms with Gasteiger partial charge >= 0.3 is 6.18 Å². The molecule has 1 aromatic rings. The Balaban J connectivity index is 2.26. The Morgan fingerprint density at radius 1 is 1.14 bits per heavy atom. The molecular formula is C17H23F3N2O5S. The first kappa shape index (κ1) is 22.4. The number of hydrogen-bond acceptors (Lipinski definition) is 5. The summed E-state index contributed by atoms with van der Waals surface area (Å²) in [4.78, 5) is 13.2. The minimum Gasteiger partial charge on any atom is -0.497 e. The van der Waals surface area contributed by atoms with E-state index in [1.807, 2.05) is 0 Å². The summed E-state index contributed by atoms with van der Waals surface area (Å²) in [6.45, 7) is 2.85. The van der Waals surface area contributed by atoms with Crippen molar-refractivity contribution < 1.29 is 36.2 Å². The van der Waals surface area contributed by atoms with Gasteiger partial charge in [-0.3, -0.25) is 4.79 Å². The molecule has 0 radical (unpaired) electrons. The van der Waals surface area contributed by atoms with Crippen LogP contribution in [0.2, 0.25) is 0 Å². The van der Waals surface area contributed by atoms with E-state index in [-0.39, 0.29) is 18.0 Å². The van der Waals surface area contributed by atoms with Gasteiger partial charge in [-0.2, -0.15) is 17.5 Å². The van der Waals surface area contributed by atoms with Crippen molar-refractivity contribution in [2.75, 3.05) is 20.2 Å². The van der Waals surface area contributed by atoms with Crippen LogP contribution in [0.1, 0.15) is 20.8 Å². The second-order valence-electron chi connectivity index (χ2n) is 6.98. The van der Waals surface area contributed by atoms with E-state index >= 15 is 0 Å². The average Bonchev–Trinajstić information content (AvgIpc) is 2.61. The van der Waals surface area contributed by atoms with E-state index in [0.29, 0.717) is 12.7 Å². The molecule has 1 saturated heterocycles. The third-order valence-corrected chi connectivity index (χ3v) is 6.82. The van der Waals surface area contributed by atoms with Gasteiger partial charge in [0.05, 0.1) is 12.0 Å². The predicted octanol–water partition coefficient (Wildman–Crippen LogP) is 1.62. The van der Waals surface area contributed by atoms with E-state index < -0.39 is 39.8 Å². The number of hydrogen-bond donors (Lipinski definition) is 1. The fourth-order valence-electron chi connectivity index (χ4n) is 3.00. The van der Waals surface area contributed by atoms with E-state index in [4.69, 9.17) is 4.74 Å². The number of amides is 1. The van der Waals surface area contributed by atoms with Crippen molar-refractivity contribution in [2.24, 2.45) is 0 Å². The van der Waals surface area contributed by atoms with E-state index in [2.05, 4.69) is 0 Å². The number of piperazine rings is 1. The largest absolute Gasteiger partial charge is 0.497 e. The van der Waals surface area contributed by atoms with Crippen LogP contribution in [0.25, 0.3) is 0 Å². The van der Waals surface area contributed by atoms with Crippen LogP contribution in [0, 0.1) is 0 Å². The van der Waals surface area contributed by atoms with Gasteiger partial charge in [-0.15, -0.1) is 0 Å². The highest BCUT2D eigenvalue weighted by molar-refractivity contribution is 7.89. The quantitative estimate of drug-likeness (QED) is 0.794. The fraction of sp³-hybridized carbons (Fsp3) is 0.588. The van der Waals surface area contributed by atoms with E-state index in [0.717, 1.165) is 9.21 Å². The van der Waals surface area contributed by atoms with Gasteiger partial charge in [-0.1, -0.05) is 0 Å². The second kappa shape index (κ2) is 7.53. The smallest absolute Gasteiger partial charge is 0.426 e. The van der Waals surface area contributed by atoms with Gasteiger partial charge in [0.1, 0.15) is 5.75 Å². The first-order valence-corrected chi connectivity index (χ1v) is 9.93. The van der Waals surface area contributed by atoms with Gasteiger partial charge in [0, 0.05) is 25.2 Å². The molecule has 158 valence electrons. The third-order valence-electron chi connectivity index (χ3n) is 4.82. The van der Waals surface area contributed by atoms with Crippen LogP contribution in [0.15, 0.2) is 29.2 Å². The molecule has 1 amide bonds. The number of halogens is 3. The fourth-order valence-corrected chi connectivity index (χ4v) is 4.70. The van der Waals surface area contributed by atoms with Gasteiger partial charge < -0.3 is 14.7 Å². The molecule has 1 fully saturated rings. The molecular weight excluding hydrogens is 401 g/mol. The van der Waals surface area contributed by atoms with Gasteiger partial charge in [-0.25, -0.2) is 8.42 Å². The number of carbonyl (C=O) groups is 1. The summed E-state index contributed by atoms with van der Waals surface area (Å²) in [5.74, 6) is -1.02.